The number of hydrogen-bond acceptors (Lipinski definition) is 3. The molecule has 1 rings (SSSR count). The second-order valence-corrected chi connectivity index (χ2v) is 9.06. The number of carbonyl (C=O) groups excluding carboxylic acids is 1. The molecule has 0 aliphatic carbocycles. The predicted molar refractivity (Wildman–Crippen MR) is 74.0 cm³/mol. The van der Waals surface area contributed by atoms with Crippen molar-refractivity contribution in [2.45, 2.75) is 31.6 Å². The van der Waals surface area contributed by atoms with Crippen LogP contribution < -0.4 is 4.74 Å². The van der Waals surface area contributed by atoms with Crippen LogP contribution in [0.25, 0.3) is 0 Å². The molecule has 0 atom stereocenters. The Kier molecular flexibility index (Phi) is 6.11. The topological polar surface area (TPSA) is 38.8 Å². The molecule has 4 nitrogen and oxygen atoms in total. The van der Waals surface area contributed by atoms with E-state index in [1.54, 1.807) is 0 Å². The minimum absolute atomic E-state index is 0.172. The van der Waals surface area contributed by atoms with E-state index >= 15 is 0 Å². The highest BCUT2D eigenvalue weighted by Gasteiger charge is 2.62. The number of carbonyl (C=O) groups is 1. The molecule has 0 radical (unpaired) electrons. The van der Waals surface area contributed by atoms with Crippen LogP contribution in [0.15, 0.2) is 18.2 Å². The highest BCUT2D eigenvalue weighted by Crippen LogP contribution is 2.38. The van der Waals surface area contributed by atoms with Crippen molar-refractivity contribution in [2.24, 2.45) is 0 Å². The van der Waals surface area contributed by atoms with Gasteiger partial charge >= 0.3 is 20.1 Å². The summed E-state index contributed by atoms with van der Waals surface area (Å²) in [5.74, 6) is -3.94. The van der Waals surface area contributed by atoms with Crippen molar-refractivity contribution in [3.8, 4) is 5.75 Å². The fraction of sp³-hybridized carbons (Fsp3) is 0.462. The van der Waals surface area contributed by atoms with E-state index in [0.717, 1.165) is 25.3 Å². The lowest BCUT2D eigenvalue weighted by molar-refractivity contribution is -0.167. The van der Waals surface area contributed by atoms with Gasteiger partial charge in [0.1, 0.15) is 0 Å². The Labute approximate surface area is 130 Å². The Bertz CT molecular complexity index is 560. The van der Waals surface area contributed by atoms with Gasteiger partial charge in [0.05, 0.1) is 0 Å². The van der Waals surface area contributed by atoms with Gasteiger partial charge < -0.3 is 9.16 Å². The minimum atomic E-state index is -4.24. The van der Waals surface area contributed by atoms with Crippen molar-refractivity contribution in [3.05, 3.63) is 29.8 Å². The summed E-state index contributed by atoms with van der Waals surface area (Å²) in [6, 6.07) is 2.17. The molecule has 0 bridgehead atoms. The van der Waals surface area contributed by atoms with E-state index in [1.807, 2.05) is 0 Å². The molecule has 130 valence electrons. The fourth-order valence-electron chi connectivity index (χ4n) is 2.08. The van der Waals surface area contributed by atoms with Gasteiger partial charge in [0.2, 0.25) is 5.82 Å². The van der Waals surface area contributed by atoms with Crippen molar-refractivity contribution in [1.29, 1.82) is 0 Å². The Morgan fingerprint density at radius 2 is 1.83 bits per heavy atom. The summed E-state index contributed by atoms with van der Waals surface area (Å²) in [6.45, 7) is 2.77. The number of nitrogens with zero attached hydrogens (tertiary/aromatic N) is 1. The third-order valence-corrected chi connectivity index (χ3v) is 7.96. The number of halogens is 5. The van der Waals surface area contributed by atoms with Gasteiger partial charge in [-0.25, -0.2) is 9.18 Å². The van der Waals surface area contributed by atoms with Crippen molar-refractivity contribution in [2.75, 3.05) is 7.11 Å². The number of benzene rings is 1. The number of rotatable bonds is 6. The van der Waals surface area contributed by atoms with Gasteiger partial charge in [0.15, 0.2) is 11.6 Å². The van der Waals surface area contributed by atoms with Gasteiger partial charge in [0.25, 0.3) is 0 Å². The molecular formula is C13H16F5NO3Si. The fourth-order valence-corrected chi connectivity index (χ4v) is 4.70. The van der Waals surface area contributed by atoms with Crippen LogP contribution in [0.2, 0.25) is 12.1 Å². The molecule has 0 aromatic heterocycles. The predicted octanol–water partition coefficient (Wildman–Crippen LogP) is 4.41. The lowest BCUT2D eigenvalue weighted by Crippen LogP contribution is -2.62. The Morgan fingerprint density at radius 3 is 2.30 bits per heavy atom. The molecule has 0 saturated carbocycles. The van der Waals surface area contributed by atoms with Crippen LogP contribution in [-0.2, 0) is 4.43 Å². The van der Waals surface area contributed by atoms with Gasteiger partial charge in [-0.15, -0.1) is 0 Å². The first-order valence-corrected chi connectivity index (χ1v) is 9.03. The molecule has 0 fully saturated rings. The lowest BCUT2D eigenvalue weighted by atomic mass is 10.3. The molecule has 0 aliphatic rings. The third kappa shape index (κ3) is 3.47. The quantitative estimate of drug-likeness (QED) is 0.328. The first-order chi connectivity index (χ1) is 10.7. The monoisotopic (exact) mass is 357 g/mol. The van der Waals surface area contributed by atoms with Crippen LogP contribution in [0, 0.1) is 11.6 Å². The second kappa shape index (κ2) is 7.26. The average Bonchev–Trinajstić information content (AvgIpc) is 2.53. The molecular weight excluding hydrogens is 341 g/mol. The smallest absolute Gasteiger partial charge is 0.412 e. The number of hydrogen-bond donors (Lipinski definition) is 0. The van der Waals surface area contributed by atoms with E-state index < -0.39 is 42.6 Å². The summed E-state index contributed by atoms with van der Waals surface area (Å²) in [4.78, 5) is 11.5. The van der Waals surface area contributed by atoms with Crippen LogP contribution in [-0.4, -0.2) is 32.3 Å². The summed E-state index contributed by atoms with van der Waals surface area (Å²) in [5.41, 5.74) is -4.24. The first kappa shape index (κ1) is 19.4. The summed E-state index contributed by atoms with van der Waals surface area (Å²) < 4.78 is 77.8. The molecule has 10 heteroatoms. The van der Waals surface area contributed by atoms with E-state index in [0.29, 0.717) is 0 Å². The first-order valence-electron chi connectivity index (χ1n) is 6.71. The molecule has 0 heterocycles. The van der Waals surface area contributed by atoms with E-state index in [4.69, 9.17) is 4.43 Å². The lowest BCUT2D eigenvalue weighted by Gasteiger charge is -2.36. The third-order valence-electron chi connectivity index (χ3n) is 3.60. The summed E-state index contributed by atoms with van der Waals surface area (Å²) >= 11 is 0. The Balaban J connectivity index is 3.05. The normalized spacial score (nSPS) is 12.2. The van der Waals surface area contributed by atoms with E-state index in [9.17, 15) is 26.8 Å². The average molecular weight is 357 g/mol. The van der Waals surface area contributed by atoms with E-state index in [1.165, 1.54) is 13.8 Å². The molecule has 1 aromatic carbocycles. The van der Waals surface area contributed by atoms with Gasteiger partial charge in [-0.2, -0.15) is 13.2 Å². The highest BCUT2D eigenvalue weighted by atomic mass is 28.4. The Morgan fingerprint density at radius 1 is 1.26 bits per heavy atom. The van der Waals surface area contributed by atoms with E-state index in [-0.39, 0.29) is 12.1 Å². The van der Waals surface area contributed by atoms with Crippen LogP contribution in [0.5, 0.6) is 5.75 Å². The second-order valence-electron chi connectivity index (χ2n) is 4.65. The standard InChI is InChI=1S/C13H16F5NO3Si/c1-4-23(5-2,21-3)13(16,17)19(18)12(20)22-10-8-6-7-9(14)11(10)15/h6-8H,4-5H2,1-3H3. The van der Waals surface area contributed by atoms with Crippen LogP contribution in [0.3, 0.4) is 0 Å². The maximum absolute atomic E-state index is 14.3. The summed E-state index contributed by atoms with van der Waals surface area (Å²) in [5, 5.41) is -1.42. The van der Waals surface area contributed by atoms with Crippen LogP contribution in [0.1, 0.15) is 13.8 Å². The molecule has 23 heavy (non-hydrogen) atoms. The number of alkyl halides is 2. The van der Waals surface area contributed by atoms with Crippen molar-refractivity contribution in [3.63, 3.8) is 0 Å². The number of ether oxygens (including phenoxy) is 1. The Hall–Kier alpha value is -1.68. The maximum Gasteiger partial charge on any atom is 0.448 e. The molecule has 0 aliphatic heterocycles. The minimum Gasteiger partial charge on any atom is -0.412 e. The van der Waals surface area contributed by atoms with Crippen LogP contribution in [0.4, 0.5) is 26.8 Å². The van der Waals surface area contributed by atoms with Gasteiger partial charge in [-0.05, 0) is 24.2 Å². The maximum atomic E-state index is 14.3. The molecule has 0 unspecified atom stereocenters. The largest absolute Gasteiger partial charge is 0.448 e. The molecule has 0 spiro atoms. The zero-order valence-corrected chi connectivity index (χ0v) is 13.7. The summed E-state index contributed by atoms with van der Waals surface area (Å²) in [6.07, 6.45) is -2.16. The SMILES string of the molecule is CC[Si](CC)(OC)C(F)(F)N(F)C(=O)Oc1cccc(F)c1F. The molecule has 1 aromatic rings. The van der Waals surface area contributed by atoms with Crippen molar-refractivity contribution in [1.82, 2.24) is 5.12 Å². The zero-order chi connectivity index (χ0) is 17.8. The van der Waals surface area contributed by atoms with E-state index in [2.05, 4.69) is 4.74 Å². The van der Waals surface area contributed by atoms with Gasteiger partial charge in [-0.3, -0.25) is 0 Å². The molecule has 0 N–H and O–H groups in total. The van der Waals surface area contributed by atoms with Gasteiger partial charge in [-0.1, -0.05) is 29.5 Å². The number of amides is 1. The summed E-state index contributed by atoms with van der Waals surface area (Å²) in [7, 11) is -2.95. The molecule has 1 amide bonds. The van der Waals surface area contributed by atoms with Gasteiger partial charge in [0, 0.05) is 7.11 Å². The van der Waals surface area contributed by atoms with Crippen molar-refractivity contribution < 1.29 is 36.0 Å². The highest BCUT2D eigenvalue weighted by molar-refractivity contribution is 6.76. The van der Waals surface area contributed by atoms with Crippen LogP contribution >= 0.6 is 0 Å². The van der Waals surface area contributed by atoms with Crippen molar-refractivity contribution >= 4 is 14.4 Å². The molecule has 0 saturated heterocycles. The zero-order valence-electron chi connectivity index (χ0n) is 12.7.